The molecule has 0 aliphatic carbocycles. The van der Waals surface area contributed by atoms with E-state index in [0.717, 1.165) is 38.4 Å². The van der Waals surface area contributed by atoms with Crippen LogP contribution in [0.25, 0.3) is 0 Å². The number of aryl methyl sites for hydroxylation is 1. The molecule has 1 saturated heterocycles. The van der Waals surface area contributed by atoms with Crippen molar-refractivity contribution in [1.29, 1.82) is 0 Å². The number of nitrogens with one attached hydrogen (secondary N) is 1. The first-order valence-corrected chi connectivity index (χ1v) is 9.43. The minimum Gasteiger partial charge on any atom is -0.469 e. The van der Waals surface area contributed by atoms with E-state index in [4.69, 9.17) is 9.73 Å². The van der Waals surface area contributed by atoms with E-state index in [1.54, 1.807) is 0 Å². The minimum atomic E-state index is -0.157. The fourth-order valence-corrected chi connectivity index (χ4v) is 3.07. The molecule has 1 atom stereocenters. The van der Waals surface area contributed by atoms with Crippen molar-refractivity contribution in [2.75, 3.05) is 39.9 Å². The highest BCUT2D eigenvalue weighted by Crippen LogP contribution is 2.24. The summed E-state index contributed by atoms with van der Waals surface area (Å²) in [5.74, 6) is 0.766. The van der Waals surface area contributed by atoms with Gasteiger partial charge < -0.3 is 19.7 Å². The lowest BCUT2D eigenvalue weighted by Crippen LogP contribution is -2.48. The fraction of sp³-hybridized carbons (Fsp3) is 0.600. The third kappa shape index (κ3) is 6.02. The molecule has 26 heavy (non-hydrogen) atoms. The molecule has 0 saturated carbocycles. The Hall–Kier alpha value is -2.08. The van der Waals surface area contributed by atoms with Gasteiger partial charge in [-0.05, 0) is 37.8 Å². The molecular formula is C20H31N3O3. The second-order valence-electron chi connectivity index (χ2n) is 6.43. The van der Waals surface area contributed by atoms with Gasteiger partial charge in [-0.15, -0.1) is 0 Å². The smallest absolute Gasteiger partial charge is 0.305 e. The Balaban J connectivity index is 1.94. The largest absolute Gasteiger partial charge is 0.469 e. The Morgan fingerprint density at radius 2 is 2.19 bits per heavy atom. The Morgan fingerprint density at radius 3 is 2.92 bits per heavy atom. The van der Waals surface area contributed by atoms with Crippen molar-refractivity contribution in [3.8, 4) is 0 Å². The number of benzene rings is 1. The molecule has 0 bridgehead atoms. The second-order valence-corrected chi connectivity index (χ2v) is 6.43. The average molecular weight is 361 g/mol. The monoisotopic (exact) mass is 361 g/mol. The molecule has 2 rings (SSSR count). The van der Waals surface area contributed by atoms with Gasteiger partial charge in [0.15, 0.2) is 5.96 Å². The van der Waals surface area contributed by atoms with Crippen molar-refractivity contribution >= 4 is 11.9 Å². The summed E-state index contributed by atoms with van der Waals surface area (Å²) in [5, 5.41) is 3.38. The van der Waals surface area contributed by atoms with Crippen molar-refractivity contribution in [3.63, 3.8) is 0 Å². The van der Waals surface area contributed by atoms with Crippen LogP contribution in [0.15, 0.2) is 29.3 Å². The summed E-state index contributed by atoms with van der Waals surface area (Å²) < 4.78 is 10.7. The van der Waals surface area contributed by atoms with Gasteiger partial charge in [0.1, 0.15) is 6.10 Å². The van der Waals surface area contributed by atoms with Gasteiger partial charge in [0.2, 0.25) is 0 Å². The van der Waals surface area contributed by atoms with Gasteiger partial charge in [0.25, 0.3) is 0 Å². The molecule has 1 heterocycles. The Kier molecular flexibility index (Phi) is 8.41. The van der Waals surface area contributed by atoms with E-state index in [1.165, 1.54) is 18.2 Å². The van der Waals surface area contributed by atoms with Gasteiger partial charge in [-0.2, -0.15) is 0 Å². The molecule has 1 aliphatic heterocycles. The number of guanidine groups is 1. The van der Waals surface area contributed by atoms with Crippen LogP contribution < -0.4 is 5.32 Å². The van der Waals surface area contributed by atoms with Gasteiger partial charge in [-0.1, -0.05) is 24.3 Å². The van der Waals surface area contributed by atoms with E-state index < -0.39 is 0 Å². The fourth-order valence-electron chi connectivity index (χ4n) is 3.07. The molecule has 144 valence electrons. The molecule has 1 aromatic rings. The van der Waals surface area contributed by atoms with Crippen molar-refractivity contribution in [2.45, 2.75) is 39.2 Å². The SMILES string of the molecule is CCNC(=NCCCCC(=O)OC)N1CCOC(c2ccccc2C)C1. The lowest BCUT2D eigenvalue weighted by atomic mass is 10.0. The molecular weight excluding hydrogens is 330 g/mol. The van der Waals surface area contributed by atoms with E-state index >= 15 is 0 Å². The van der Waals surface area contributed by atoms with Gasteiger partial charge in [0, 0.05) is 26.1 Å². The maximum atomic E-state index is 11.2. The summed E-state index contributed by atoms with van der Waals surface area (Å²) in [7, 11) is 1.42. The maximum absolute atomic E-state index is 11.2. The first kappa shape index (κ1) is 20.2. The van der Waals surface area contributed by atoms with Gasteiger partial charge >= 0.3 is 5.97 Å². The van der Waals surface area contributed by atoms with Crippen LogP contribution >= 0.6 is 0 Å². The molecule has 6 nitrogen and oxygen atoms in total. The van der Waals surface area contributed by atoms with E-state index in [-0.39, 0.29) is 12.1 Å². The number of rotatable bonds is 7. The number of esters is 1. The van der Waals surface area contributed by atoms with Crippen molar-refractivity contribution in [3.05, 3.63) is 35.4 Å². The van der Waals surface area contributed by atoms with Crippen LogP contribution in [0.4, 0.5) is 0 Å². The Bertz CT molecular complexity index is 604. The third-order valence-electron chi connectivity index (χ3n) is 4.51. The maximum Gasteiger partial charge on any atom is 0.305 e. The van der Waals surface area contributed by atoms with Gasteiger partial charge in [-0.25, -0.2) is 0 Å². The average Bonchev–Trinajstić information content (AvgIpc) is 2.67. The van der Waals surface area contributed by atoms with E-state index in [9.17, 15) is 4.79 Å². The molecule has 0 aromatic heterocycles. The number of aliphatic imine (C=N–C) groups is 1. The lowest BCUT2D eigenvalue weighted by molar-refractivity contribution is -0.140. The molecule has 6 heteroatoms. The van der Waals surface area contributed by atoms with Crippen LogP contribution in [0, 0.1) is 6.92 Å². The van der Waals surface area contributed by atoms with Crippen LogP contribution in [0.2, 0.25) is 0 Å². The standard InChI is InChI=1S/C20H31N3O3/c1-4-21-20(22-12-8-7-11-19(24)25-3)23-13-14-26-18(15-23)17-10-6-5-9-16(17)2/h5-6,9-10,18H,4,7-8,11-15H2,1-3H3,(H,21,22). The molecule has 0 radical (unpaired) electrons. The first-order chi connectivity index (χ1) is 12.7. The summed E-state index contributed by atoms with van der Waals surface area (Å²) in [6, 6.07) is 8.38. The topological polar surface area (TPSA) is 63.2 Å². The Labute approximate surface area is 156 Å². The quantitative estimate of drug-likeness (QED) is 0.350. The predicted octanol–water partition coefficient (Wildman–Crippen LogP) is 2.68. The summed E-state index contributed by atoms with van der Waals surface area (Å²) in [6.45, 7) is 8.03. The molecule has 0 amide bonds. The number of hydrogen-bond donors (Lipinski definition) is 1. The van der Waals surface area contributed by atoms with E-state index in [1.807, 2.05) is 0 Å². The number of carbonyl (C=O) groups excluding carboxylic acids is 1. The number of hydrogen-bond acceptors (Lipinski definition) is 4. The highest BCUT2D eigenvalue weighted by molar-refractivity contribution is 5.80. The second kappa shape index (κ2) is 10.8. The molecule has 1 N–H and O–H groups in total. The zero-order valence-electron chi connectivity index (χ0n) is 16.2. The van der Waals surface area contributed by atoms with Crippen LogP contribution in [-0.2, 0) is 14.3 Å². The van der Waals surface area contributed by atoms with E-state index in [0.29, 0.717) is 19.6 Å². The van der Waals surface area contributed by atoms with Crippen LogP contribution in [0.5, 0.6) is 0 Å². The van der Waals surface area contributed by atoms with Gasteiger partial charge in [0.05, 0.1) is 20.3 Å². The highest BCUT2D eigenvalue weighted by atomic mass is 16.5. The van der Waals surface area contributed by atoms with Crippen molar-refractivity contribution < 1.29 is 14.3 Å². The summed E-state index contributed by atoms with van der Waals surface area (Å²) in [6.07, 6.45) is 2.18. The molecule has 1 unspecified atom stereocenters. The Morgan fingerprint density at radius 1 is 1.38 bits per heavy atom. The predicted molar refractivity (Wildman–Crippen MR) is 103 cm³/mol. The van der Waals surface area contributed by atoms with Crippen LogP contribution in [-0.4, -0.2) is 56.7 Å². The summed E-state index contributed by atoms with van der Waals surface area (Å²) in [5.41, 5.74) is 2.50. The highest BCUT2D eigenvalue weighted by Gasteiger charge is 2.25. The molecule has 1 aromatic carbocycles. The molecule has 0 spiro atoms. The minimum absolute atomic E-state index is 0.0631. The van der Waals surface area contributed by atoms with Gasteiger partial charge in [-0.3, -0.25) is 9.79 Å². The number of nitrogens with zero attached hydrogens (tertiary/aromatic N) is 2. The number of carbonyl (C=O) groups is 1. The van der Waals surface area contributed by atoms with Crippen LogP contribution in [0.1, 0.15) is 43.4 Å². The number of unbranched alkanes of at least 4 members (excludes halogenated alkanes) is 1. The number of methoxy groups -OCH3 is 1. The molecule has 1 aliphatic rings. The third-order valence-corrected chi connectivity index (χ3v) is 4.51. The zero-order chi connectivity index (χ0) is 18.8. The lowest BCUT2D eigenvalue weighted by Gasteiger charge is -2.35. The normalized spacial score (nSPS) is 17.9. The zero-order valence-corrected chi connectivity index (χ0v) is 16.2. The summed E-state index contributed by atoms with van der Waals surface area (Å²) in [4.78, 5) is 18.2. The number of ether oxygens (including phenoxy) is 2. The first-order valence-electron chi connectivity index (χ1n) is 9.43. The van der Waals surface area contributed by atoms with Crippen molar-refractivity contribution in [1.82, 2.24) is 10.2 Å². The number of morpholine rings is 1. The summed E-state index contributed by atoms with van der Waals surface area (Å²) >= 11 is 0. The van der Waals surface area contributed by atoms with Crippen molar-refractivity contribution in [2.24, 2.45) is 4.99 Å². The molecule has 1 fully saturated rings. The van der Waals surface area contributed by atoms with E-state index in [2.05, 4.69) is 53.1 Å². The van der Waals surface area contributed by atoms with Crippen LogP contribution in [0.3, 0.4) is 0 Å².